The Bertz CT molecular complexity index is 733. The Morgan fingerprint density at radius 2 is 2.05 bits per heavy atom. The van der Waals surface area contributed by atoms with E-state index in [0.717, 1.165) is 33.9 Å². The Labute approximate surface area is 142 Å². The van der Waals surface area contributed by atoms with Crippen molar-refractivity contribution in [2.75, 3.05) is 5.75 Å². The summed E-state index contributed by atoms with van der Waals surface area (Å²) in [6, 6.07) is 8.27. The molecule has 3 aromatic rings. The molecular weight excluding hydrogens is 360 g/mol. The highest BCUT2D eigenvalue weighted by atomic mass is 79.9. The van der Waals surface area contributed by atoms with Gasteiger partial charge in [-0.05, 0) is 42.7 Å². The van der Waals surface area contributed by atoms with E-state index in [1.807, 2.05) is 42.5 Å². The van der Waals surface area contributed by atoms with Crippen LogP contribution in [0.2, 0.25) is 0 Å². The molecule has 0 spiro atoms. The molecule has 0 bridgehead atoms. The van der Waals surface area contributed by atoms with Gasteiger partial charge in [0.2, 0.25) is 0 Å². The molecule has 2 heterocycles. The molecule has 0 fully saturated rings. The Balaban J connectivity index is 1.57. The van der Waals surface area contributed by atoms with E-state index in [4.69, 9.17) is 0 Å². The second kappa shape index (κ2) is 7.15. The molecule has 0 unspecified atom stereocenters. The topological polar surface area (TPSA) is 35.6 Å². The number of benzene rings is 1. The third kappa shape index (κ3) is 3.81. The van der Waals surface area contributed by atoms with Crippen molar-refractivity contribution in [1.29, 1.82) is 0 Å². The van der Waals surface area contributed by atoms with Crippen molar-refractivity contribution in [3.63, 3.8) is 0 Å². The molecule has 114 valence electrons. The predicted molar refractivity (Wildman–Crippen MR) is 93.5 cm³/mol. The van der Waals surface area contributed by atoms with Crippen LogP contribution in [-0.4, -0.2) is 25.1 Å². The maximum Gasteiger partial charge on any atom is 0.172 e. The lowest BCUT2D eigenvalue weighted by molar-refractivity contribution is 0.766. The first-order valence-electron chi connectivity index (χ1n) is 7.12. The summed E-state index contributed by atoms with van der Waals surface area (Å²) in [7, 11) is 1.95. The number of hydrogen-bond acceptors (Lipinski definition) is 3. The molecule has 0 radical (unpaired) electrons. The molecule has 6 heteroatoms. The molecule has 0 N–H and O–H groups in total. The minimum Gasteiger partial charge on any atom is -0.295 e. The summed E-state index contributed by atoms with van der Waals surface area (Å²) in [6.07, 6.45) is 10.0. The zero-order chi connectivity index (χ0) is 15.4. The van der Waals surface area contributed by atoms with Gasteiger partial charge in [-0.1, -0.05) is 27.7 Å². The predicted octanol–water partition coefficient (Wildman–Crippen LogP) is 4.09. The van der Waals surface area contributed by atoms with Crippen LogP contribution < -0.4 is 0 Å². The summed E-state index contributed by atoms with van der Waals surface area (Å²) in [6.45, 7) is 0. The highest BCUT2D eigenvalue weighted by Crippen LogP contribution is 2.22. The van der Waals surface area contributed by atoms with Crippen molar-refractivity contribution in [3.8, 4) is 5.69 Å². The van der Waals surface area contributed by atoms with E-state index in [1.54, 1.807) is 11.8 Å². The average Bonchev–Trinajstić information content (AvgIpc) is 3.13. The van der Waals surface area contributed by atoms with Crippen LogP contribution in [0.1, 0.15) is 12.0 Å². The first kappa shape index (κ1) is 15.4. The van der Waals surface area contributed by atoms with Crippen molar-refractivity contribution in [2.45, 2.75) is 18.0 Å². The molecular formula is C16H17BrN4S. The molecule has 2 aromatic heterocycles. The van der Waals surface area contributed by atoms with Crippen LogP contribution in [0, 0.1) is 0 Å². The zero-order valence-corrected chi connectivity index (χ0v) is 14.7. The molecule has 0 saturated carbocycles. The largest absolute Gasteiger partial charge is 0.295 e. The van der Waals surface area contributed by atoms with Gasteiger partial charge < -0.3 is 0 Å². The van der Waals surface area contributed by atoms with E-state index in [2.05, 4.69) is 48.9 Å². The summed E-state index contributed by atoms with van der Waals surface area (Å²) in [5.41, 5.74) is 2.43. The van der Waals surface area contributed by atoms with Gasteiger partial charge in [-0.2, -0.15) is 5.10 Å². The fourth-order valence-corrected chi connectivity index (χ4v) is 3.41. The Kier molecular flexibility index (Phi) is 5.00. The SMILES string of the molecule is Cn1cc(CCCSc2nccn2-c2ccc(Br)cc2)cn1. The second-order valence-electron chi connectivity index (χ2n) is 5.03. The van der Waals surface area contributed by atoms with Gasteiger partial charge in [0.1, 0.15) is 0 Å². The molecule has 0 aliphatic carbocycles. The van der Waals surface area contributed by atoms with Crippen LogP contribution >= 0.6 is 27.7 Å². The van der Waals surface area contributed by atoms with Crippen LogP contribution in [-0.2, 0) is 13.5 Å². The molecule has 0 atom stereocenters. The van der Waals surface area contributed by atoms with E-state index in [0.29, 0.717) is 0 Å². The molecule has 0 saturated heterocycles. The Morgan fingerprint density at radius 3 is 2.77 bits per heavy atom. The van der Waals surface area contributed by atoms with E-state index in [-0.39, 0.29) is 0 Å². The van der Waals surface area contributed by atoms with Crippen LogP contribution in [0.15, 0.2) is 58.7 Å². The summed E-state index contributed by atoms with van der Waals surface area (Å²) < 4.78 is 5.06. The van der Waals surface area contributed by atoms with Gasteiger partial charge in [0.05, 0.1) is 6.20 Å². The number of nitrogens with zero attached hydrogens (tertiary/aromatic N) is 4. The highest BCUT2D eigenvalue weighted by Gasteiger charge is 2.06. The van der Waals surface area contributed by atoms with Gasteiger partial charge in [-0.25, -0.2) is 4.98 Å². The van der Waals surface area contributed by atoms with E-state index >= 15 is 0 Å². The number of aromatic nitrogens is 4. The molecule has 1 aromatic carbocycles. The van der Waals surface area contributed by atoms with E-state index in [9.17, 15) is 0 Å². The van der Waals surface area contributed by atoms with Gasteiger partial charge in [0, 0.05) is 41.6 Å². The van der Waals surface area contributed by atoms with Crippen LogP contribution in [0.4, 0.5) is 0 Å². The fourth-order valence-electron chi connectivity index (χ4n) is 2.24. The standard InChI is InChI=1S/C16H17BrN4S/c1-20-12-13(11-19-20)3-2-10-22-16-18-8-9-21(16)15-6-4-14(17)5-7-15/h4-9,11-12H,2-3,10H2,1H3. The van der Waals surface area contributed by atoms with Crippen LogP contribution in [0.3, 0.4) is 0 Å². The Hall–Kier alpha value is -1.53. The molecule has 0 aliphatic heterocycles. The van der Waals surface area contributed by atoms with Gasteiger partial charge in [-0.3, -0.25) is 9.25 Å². The zero-order valence-electron chi connectivity index (χ0n) is 12.3. The van der Waals surface area contributed by atoms with Gasteiger partial charge in [-0.15, -0.1) is 0 Å². The summed E-state index contributed by atoms with van der Waals surface area (Å²) >= 11 is 5.26. The van der Waals surface area contributed by atoms with Crippen LogP contribution in [0.5, 0.6) is 0 Å². The minimum absolute atomic E-state index is 1.04. The highest BCUT2D eigenvalue weighted by molar-refractivity contribution is 9.10. The van der Waals surface area contributed by atoms with Crippen molar-refractivity contribution >= 4 is 27.7 Å². The first-order valence-corrected chi connectivity index (χ1v) is 8.90. The molecule has 22 heavy (non-hydrogen) atoms. The monoisotopic (exact) mass is 376 g/mol. The van der Waals surface area contributed by atoms with Crippen LogP contribution in [0.25, 0.3) is 5.69 Å². The molecule has 0 amide bonds. The van der Waals surface area contributed by atoms with Gasteiger partial charge in [0.25, 0.3) is 0 Å². The third-order valence-electron chi connectivity index (χ3n) is 3.31. The number of rotatable bonds is 6. The first-order chi connectivity index (χ1) is 10.7. The number of imidazole rings is 1. The maximum atomic E-state index is 4.46. The number of hydrogen-bond donors (Lipinski definition) is 0. The van der Waals surface area contributed by atoms with Gasteiger partial charge in [0.15, 0.2) is 5.16 Å². The number of halogens is 1. The smallest absolute Gasteiger partial charge is 0.172 e. The normalized spacial score (nSPS) is 11.0. The third-order valence-corrected chi connectivity index (χ3v) is 4.89. The summed E-state index contributed by atoms with van der Waals surface area (Å²) in [5.74, 6) is 1.04. The number of aryl methyl sites for hydroxylation is 2. The molecule has 3 rings (SSSR count). The fraction of sp³-hybridized carbons (Fsp3) is 0.250. The number of thioether (sulfide) groups is 1. The van der Waals surface area contributed by atoms with E-state index < -0.39 is 0 Å². The molecule has 4 nitrogen and oxygen atoms in total. The van der Waals surface area contributed by atoms with Crippen molar-refractivity contribution < 1.29 is 0 Å². The Morgan fingerprint density at radius 1 is 1.23 bits per heavy atom. The van der Waals surface area contributed by atoms with Crippen molar-refractivity contribution in [3.05, 3.63) is 59.1 Å². The molecule has 0 aliphatic rings. The minimum atomic E-state index is 1.04. The summed E-state index contributed by atoms with van der Waals surface area (Å²) in [5, 5.41) is 5.23. The van der Waals surface area contributed by atoms with E-state index in [1.165, 1.54) is 5.56 Å². The second-order valence-corrected chi connectivity index (χ2v) is 7.01. The lowest BCUT2D eigenvalue weighted by Crippen LogP contribution is -1.96. The quantitative estimate of drug-likeness (QED) is 0.480. The lowest BCUT2D eigenvalue weighted by atomic mass is 10.2. The summed E-state index contributed by atoms with van der Waals surface area (Å²) in [4.78, 5) is 4.46. The average molecular weight is 377 g/mol. The maximum absolute atomic E-state index is 4.46. The lowest BCUT2D eigenvalue weighted by Gasteiger charge is -2.07. The van der Waals surface area contributed by atoms with Crippen molar-refractivity contribution in [2.24, 2.45) is 7.05 Å². The van der Waals surface area contributed by atoms with Gasteiger partial charge >= 0.3 is 0 Å². The van der Waals surface area contributed by atoms with Crippen molar-refractivity contribution in [1.82, 2.24) is 19.3 Å².